The number of carbonyl (C=O) groups is 3. The molecule has 2 heterocycles. The third-order valence-corrected chi connectivity index (χ3v) is 5.52. The molecule has 8 nitrogen and oxygen atoms in total. The SMILES string of the molecule is CC1(C)S[C@@H]2C(=O)C(=O)N2[C@H]1C(=O)OCc1ccc([N+](=O)[O-])cc1. The molecule has 1 aromatic carbocycles. The lowest BCUT2D eigenvalue weighted by atomic mass is 9.98. The highest BCUT2D eigenvalue weighted by molar-refractivity contribution is 8.02. The van der Waals surface area contributed by atoms with Gasteiger partial charge in [-0.15, -0.1) is 11.8 Å². The Morgan fingerprint density at radius 1 is 1.33 bits per heavy atom. The van der Waals surface area contributed by atoms with Crippen molar-refractivity contribution in [1.29, 1.82) is 0 Å². The van der Waals surface area contributed by atoms with Crippen LogP contribution in [0.2, 0.25) is 0 Å². The van der Waals surface area contributed by atoms with Gasteiger partial charge in [0.25, 0.3) is 17.4 Å². The number of esters is 1. The van der Waals surface area contributed by atoms with Gasteiger partial charge in [0.15, 0.2) is 0 Å². The molecule has 9 heteroatoms. The Kier molecular flexibility index (Phi) is 3.83. The van der Waals surface area contributed by atoms with Crippen LogP contribution in [0, 0.1) is 10.1 Å². The van der Waals surface area contributed by atoms with E-state index in [4.69, 9.17) is 4.74 Å². The summed E-state index contributed by atoms with van der Waals surface area (Å²) in [4.78, 5) is 47.0. The lowest BCUT2D eigenvalue weighted by Gasteiger charge is -2.35. The summed E-state index contributed by atoms with van der Waals surface area (Å²) < 4.78 is 4.63. The van der Waals surface area contributed by atoms with Crippen LogP contribution in [-0.2, 0) is 25.7 Å². The second-order valence-electron chi connectivity index (χ2n) is 6.08. The van der Waals surface area contributed by atoms with Gasteiger partial charge in [-0.3, -0.25) is 19.7 Å². The van der Waals surface area contributed by atoms with Crippen LogP contribution < -0.4 is 0 Å². The van der Waals surface area contributed by atoms with Crippen molar-refractivity contribution in [3.05, 3.63) is 39.9 Å². The quantitative estimate of drug-likeness (QED) is 0.265. The average Bonchev–Trinajstić information content (AvgIpc) is 2.81. The minimum Gasteiger partial charge on any atom is -0.459 e. The molecular weight excluding hydrogens is 336 g/mol. The highest BCUT2D eigenvalue weighted by Crippen LogP contribution is 2.49. The number of hydrogen-bond acceptors (Lipinski definition) is 7. The van der Waals surface area contributed by atoms with Crippen molar-refractivity contribution in [2.24, 2.45) is 0 Å². The summed E-state index contributed by atoms with van der Waals surface area (Å²) in [6.45, 7) is 3.51. The summed E-state index contributed by atoms with van der Waals surface area (Å²) in [7, 11) is 0. The molecule has 126 valence electrons. The van der Waals surface area contributed by atoms with Crippen LogP contribution in [0.3, 0.4) is 0 Å². The number of non-ortho nitro benzene ring substituents is 1. The van der Waals surface area contributed by atoms with Gasteiger partial charge in [-0.2, -0.15) is 0 Å². The summed E-state index contributed by atoms with van der Waals surface area (Å²) in [5.41, 5.74) is 0.547. The van der Waals surface area contributed by atoms with Crippen molar-refractivity contribution in [3.8, 4) is 0 Å². The molecule has 24 heavy (non-hydrogen) atoms. The van der Waals surface area contributed by atoms with E-state index in [1.54, 1.807) is 13.8 Å². The van der Waals surface area contributed by atoms with Crippen LogP contribution >= 0.6 is 11.8 Å². The smallest absolute Gasteiger partial charge is 0.330 e. The molecule has 2 aliphatic rings. The average molecular weight is 350 g/mol. The normalized spacial score (nSPS) is 24.3. The minimum atomic E-state index is -0.823. The number of fused-ring (bicyclic) bond motifs is 1. The van der Waals surface area contributed by atoms with Crippen LogP contribution in [0.4, 0.5) is 5.69 Å². The Morgan fingerprint density at radius 3 is 2.54 bits per heavy atom. The van der Waals surface area contributed by atoms with Crippen molar-refractivity contribution in [3.63, 3.8) is 0 Å². The molecule has 0 bridgehead atoms. The van der Waals surface area contributed by atoms with Gasteiger partial charge in [0, 0.05) is 16.9 Å². The zero-order valence-electron chi connectivity index (χ0n) is 12.9. The maximum atomic E-state index is 12.4. The second-order valence-corrected chi connectivity index (χ2v) is 7.82. The van der Waals surface area contributed by atoms with E-state index in [0.717, 1.165) is 0 Å². The number of thioether (sulfide) groups is 1. The third kappa shape index (κ3) is 2.54. The van der Waals surface area contributed by atoms with Crippen LogP contribution in [0.1, 0.15) is 19.4 Å². The molecule has 3 rings (SSSR count). The first kappa shape index (κ1) is 16.4. The largest absolute Gasteiger partial charge is 0.459 e. The number of rotatable bonds is 4. The second kappa shape index (κ2) is 5.59. The van der Waals surface area contributed by atoms with Crippen molar-refractivity contribution in [2.45, 2.75) is 36.6 Å². The van der Waals surface area contributed by atoms with Crippen LogP contribution in [0.5, 0.6) is 0 Å². The van der Waals surface area contributed by atoms with Crippen LogP contribution in [-0.4, -0.2) is 43.6 Å². The van der Waals surface area contributed by atoms with Gasteiger partial charge < -0.3 is 9.64 Å². The Balaban J connectivity index is 1.67. The van der Waals surface area contributed by atoms with E-state index in [1.165, 1.54) is 40.9 Å². The first-order valence-corrected chi connectivity index (χ1v) is 8.04. The fraction of sp³-hybridized carbons (Fsp3) is 0.400. The number of amides is 1. The number of nitro benzene ring substituents is 1. The van der Waals surface area contributed by atoms with Gasteiger partial charge in [0.2, 0.25) is 0 Å². The molecule has 0 aliphatic carbocycles. The van der Waals surface area contributed by atoms with E-state index in [-0.39, 0.29) is 12.3 Å². The van der Waals surface area contributed by atoms with Gasteiger partial charge >= 0.3 is 5.97 Å². The molecule has 2 aliphatic heterocycles. The van der Waals surface area contributed by atoms with Gasteiger partial charge in [0.05, 0.1) is 4.92 Å². The van der Waals surface area contributed by atoms with Crippen molar-refractivity contribution >= 4 is 35.1 Å². The molecule has 0 radical (unpaired) electrons. The zero-order chi connectivity index (χ0) is 17.6. The number of nitro groups is 1. The van der Waals surface area contributed by atoms with E-state index in [9.17, 15) is 24.5 Å². The maximum Gasteiger partial charge on any atom is 0.330 e. The summed E-state index contributed by atoms with van der Waals surface area (Å²) in [6, 6.07) is 4.83. The van der Waals surface area contributed by atoms with Crippen molar-refractivity contribution in [1.82, 2.24) is 4.90 Å². The number of ether oxygens (including phenoxy) is 1. The Labute approximate surface area is 141 Å². The van der Waals surface area contributed by atoms with E-state index < -0.39 is 38.7 Å². The number of benzene rings is 1. The van der Waals surface area contributed by atoms with Gasteiger partial charge in [-0.05, 0) is 31.5 Å². The molecule has 2 fully saturated rings. The maximum absolute atomic E-state index is 12.4. The Hall–Kier alpha value is -2.42. The molecule has 0 saturated carbocycles. The van der Waals surface area contributed by atoms with E-state index in [1.807, 2.05) is 0 Å². The Bertz CT molecular complexity index is 745. The zero-order valence-corrected chi connectivity index (χ0v) is 13.7. The highest BCUT2D eigenvalue weighted by Gasteiger charge is 2.64. The summed E-state index contributed by atoms with van der Waals surface area (Å²) in [6.07, 6.45) is 0. The molecule has 0 N–H and O–H groups in total. The number of β-lactam (4-membered cyclic amide) rings is 1. The van der Waals surface area contributed by atoms with Gasteiger partial charge in [-0.25, -0.2) is 4.79 Å². The molecule has 0 unspecified atom stereocenters. The first-order valence-electron chi connectivity index (χ1n) is 7.16. The van der Waals surface area contributed by atoms with E-state index in [0.29, 0.717) is 5.56 Å². The molecular formula is C15H14N2O6S. The predicted octanol–water partition coefficient (Wildman–Crippen LogP) is 1.27. The molecule has 0 spiro atoms. The summed E-state index contributed by atoms with van der Waals surface area (Å²) in [5.74, 6) is -1.73. The lowest BCUT2D eigenvalue weighted by molar-refractivity contribution is -0.384. The lowest BCUT2D eigenvalue weighted by Crippen LogP contribution is -2.63. The van der Waals surface area contributed by atoms with E-state index >= 15 is 0 Å². The van der Waals surface area contributed by atoms with Gasteiger partial charge in [0.1, 0.15) is 18.0 Å². The number of nitrogens with zero attached hydrogens (tertiary/aromatic N) is 2. The fourth-order valence-corrected chi connectivity index (χ4v) is 4.25. The van der Waals surface area contributed by atoms with Crippen LogP contribution in [0.25, 0.3) is 0 Å². The molecule has 1 amide bonds. The molecule has 2 saturated heterocycles. The number of hydrogen-bond donors (Lipinski definition) is 0. The highest BCUT2D eigenvalue weighted by atomic mass is 32.2. The number of carbonyl (C=O) groups excluding carboxylic acids is 3. The summed E-state index contributed by atoms with van der Waals surface area (Å²) in [5, 5.41) is 10.0. The summed E-state index contributed by atoms with van der Waals surface area (Å²) >= 11 is 1.27. The van der Waals surface area contributed by atoms with E-state index in [2.05, 4.69) is 0 Å². The topological polar surface area (TPSA) is 107 Å². The molecule has 2 atom stereocenters. The molecule has 0 aromatic heterocycles. The van der Waals surface area contributed by atoms with Gasteiger partial charge in [-0.1, -0.05) is 0 Å². The number of Topliss-reactive ketones (excluding diaryl/α,β-unsaturated/α-hetero) is 1. The molecule has 1 aromatic rings. The standard InChI is InChI=1S/C15H14N2O6S/c1-15(2)11(16-12(19)10(18)13(16)24-15)14(20)23-7-8-3-5-9(6-4-8)17(21)22/h3-6,11,13H,7H2,1-2H3/t11-,13+/m0/s1. The van der Waals surface area contributed by atoms with Crippen LogP contribution in [0.15, 0.2) is 24.3 Å². The first-order chi connectivity index (χ1) is 11.2. The third-order valence-electron chi connectivity index (χ3n) is 4.03. The monoisotopic (exact) mass is 350 g/mol. The minimum absolute atomic E-state index is 0.0501. The van der Waals surface area contributed by atoms with Crippen molar-refractivity contribution < 1.29 is 24.0 Å². The Morgan fingerprint density at radius 2 is 1.96 bits per heavy atom. The predicted molar refractivity (Wildman–Crippen MR) is 84.0 cm³/mol. The number of ketones is 1. The fourth-order valence-electron chi connectivity index (χ4n) is 2.79. The van der Waals surface area contributed by atoms with Crippen molar-refractivity contribution in [2.75, 3.05) is 0 Å².